The maximum Gasteiger partial charge on any atom is 0.184 e. The normalized spacial score (nSPS) is 14.2. The topological polar surface area (TPSA) is 82.0 Å². The number of carbonyl (C=O) groups excluding carboxylic acids is 1. The zero-order valence-corrected chi connectivity index (χ0v) is 16.0. The van der Waals surface area contributed by atoms with Crippen LogP contribution < -0.4 is 9.62 Å². The third kappa shape index (κ3) is 4.72. The first kappa shape index (κ1) is 19.9. The van der Waals surface area contributed by atoms with Gasteiger partial charge in [0, 0.05) is 31.3 Å². The Hall–Kier alpha value is -2.81. The number of ketones is 1. The van der Waals surface area contributed by atoms with Gasteiger partial charge in [0.15, 0.2) is 23.2 Å². The lowest BCUT2D eigenvalue weighted by Crippen LogP contribution is -2.21. The summed E-state index contributed by atoms with van der Waals surface area (Å²) in [5, 5.41) is 11.0. The van der Waals surface area contributed by atoms with E-state index < -0.39 is 5.82 Å². The molecule has 6 nitrogen and oxygen atoms in total. The monoisotopic (exact) mass is 403 g/mol. The molecule has 1 aliphatic rings. The molecule has 1 saturated heterocycles. The van der Waals surface area contributed by atoms with Crippen molar-refractivity contribution in [3.63, 3.8) is 0 Å². The summed E-state index contributed by atoms with van der Waals surface area (Å²) in [6, 6.07) is 6.22. The molecule has 0 unspecified atom stereocenters. The highest BCUT2D eigenvalue weighted by Crippen LogP contribution is 2.28. The van der Waals surface area contributed by atoms with Crippen molar-refractivity contribution in [1.82, 2.24) is 15.3 Å². The fraction of sp³-hybridized carbons (Fsp3) is 0.263. The van der Waals surface area contributed by atoms with Gasteiger partial charge in [-0.05, 0) is 30.5 Å². The third-order valence-electron chi connectivity index (χ3n) is 4.05. The first-order valence-corrected chi connectivity index (χ1v) is 9.62. The van der Waals surface area contributed by atoms with Gasteiger partial charge in [-0.15, -0.1) is 0 Å². The molecule has 0 atom stereocenters. The molecule has 1 aromatic heterocycles. The van der Waals surface area contributed by atoms with E-state index in [4.69, 9.17) is 5.41 Å². The van der Waals surface area contributed by atoms with Gasteiger partial charge < -0.3 is 5.32 Å². The van der Waals surface area contributed by atoms with Gasteiger partial charge in [0.1, 0.15) is 11.5 Å². The number of allylic oxidation sites excluding steroid dienone is 2. The van der Waals surface area contributed by atoms with Gasteiger partial charge in [0.25, 0.3) is 0 Å². The summed E-state index contributed by atoms with van der Waals surface area (Å²) in [4.78, 5) is 19.9. The molecule has 0 amide bonds. The van der Waals surface area contributed by atoms with Crippen LogP contribution in [0.25, 0.3) is 0 Å². The number of carbonyl (C=O) groups is 1. The molecule has 2 aromatic rings. The Kier molecular flexibility index (Phi) is 6.35. The van der Waals surface area contributed by atoms with Crippen molar-refractivity contribution in [2.75, 3.05) is 16.6 Å². The van der Waals surface area contributed by atoms with Crippen LogP contribution in [-0.2, 0) is 11.3 Å². The van der Waals surface area contributed by atoms with Crippen molar-refractivity contribution >= 4 is 29.3 Å². The summed E-state index contributed by atoms with van der Waals surface area (Å²) >= 11 is 1.47. The minimum Gasteiger partial charge on any atom is -0.378 e. The van der Waals surface area contributed by atoms with Crippen LogP contribution in [0.2, 0.25) is 0 Å². The summed E-state index contributed by atoms with van der Waals surface area (Å²) in [6.07, 6.45) is 3.23. The van der Waals surface area contributed by atoms with E-state index in [-0.39, 0.29) is 41.2 Å². The second kappa shape index (κ2) is 8.92. The molecular formula is C19H19F2N5OS. The van der Waals surface area contributed by atoms with Crippen LogP contribution in [0.4, 0.5) is 14.6 Å². The van der Waals surface area contributed by atoms with Gasteiger partial charge in [0.2, 0.25) is 0 Å². The lowest BCUT2D eigenvalue weighted by molar-refractivity contribution is -0.114. The van der Waals surface area contributed by atoms with Crippen LogP contribution >= 0.6 is 11.9 Å². The van der Waals surface area contributed by atoms with E-state index in [9.17, 15) is 13.6 Å². The Labute approximate surface area is 165 Å². The molecule has 1 aliphatic heterocycles. The van der Waals surface area contributed by atoms with Crippen molar-refractivity contribution in [1.29, 1.82) is 5.41 Å². The number of hydrogen-bond acceptors (Lipinski definition) is 7. The average molecular weight is 403 g/mol. The van der Waals surface area contributed by atoms with Gasteiger partial charge in [-0.3, -0.25) is 14.5 Å². The SMILES string of the molecule is CC(=O)/C(=C/C(=N)c1ncc(F)c(N2CCCS2)n1)NCc1ccccc1F. The molecule has 0 saturated carbocycles. The van der Waals surface area contributed by atoms with Crippen LogP contribution in [0.15, 0.2) is 42.2 Å². The lowest BCUT2D eigenvalue weighted by atomic mass is 10.2. The molecule has 1 aromatic carbocycles. The van der Waals surface area contributed by atoms with Crippen molar-refractivity contribution in [3.8, 4) is 0 Å². The standard InChI is InChI=1S/C19H19F2N5OS/c1-12(27)17(23-10-13-5-2-3-6-14(13)20)9-16(22)18-24-11-15(21)19(25-18)26-7-4-8-28-26/h2-3,5-6,9,11,22-23H,4,7-8,10H2,1H3/b17-9-,22-16?. The summed E-state index contributed by atoms with van der Waals surface area (Å²) in [6.45, 7) is 2.10. The number of nitrogens with one attached hydrogen (secondary N) is 2. The maximum absolute atomic E-state index is 14.1. The van der Waals surface area contributed by atoms with Crippen molar-refractivity contribution in [2.24, 2.45) is 0 Å². The van der Waals surface area contributed by atoms with Gasteiger partial charge in [-0.25, -0.2) is 18.7 Å². The smallest absolute Gasteiger partial charge is 0.184 e. The van der Waals surface area contributed by atoms with E-state index in [0.717, 1.165) is 18.4 Å². The molecule has 3 rings (SSSR count). The minimum absolute atomic E-state index is 0.00958. The maximum atomic E-state index is 14.1. The van der Waals surface area contributed by atoms with Crippen LogP contribution in [0, 0.1) is 17.0 Å². The molecule has 1 fully saturated rings. The molecule has 146 valence electrons. The average Bonchev–Trinajstić information content (AvgIpc) is 3.20. The van der Waals surface area contributed by atoms with E-state index in [1.807, 2.05) is 0 Å². The number of halogens is 2. The van der Waals surface area contributed by atoms with Gasteiger partial charge in [-0.1, -0.05) is 18.2 Å². The van der Waals surface area contributed by atoms with Gasteiger partial charge in [0.05, 0.1) is 11.9 Å². The molecule has 2 N–H and O–H groups in total. The van der Waals surface area contributed by atoms with Crippen LogP contribution in [0.1, 0.15) is 24.7 Å². The molecule has 0 spiro atoms. The largest absolute Gasteiger partial charge is 0.378 e. The molecule has 0 aliphatic carbocycles. The van der Waals surface area contributed by atoms with Crippen molar-refractivity contribution in [2.45, 2.75) is 19.9 Å². The highest BCUT2D eigenvalue weighted by molar-refractivity contribution is 8.00. The Balaban J connectivity index is 1.79. The number of anilines is 1. The number of hydrogen-bond donors (Lipinski definition) is 2. The quantitative estimate of drug-likeness (QED) is 0.420. The Bertz CT molecular complexity index is 928. The van der Waals surface area contributed by atoms with Crippen LogP contribution in [0.3, 0.4) is 0 Å². The van der Waals surface area contributed by atoms with E-state index in [2.05, 4.69) is 15.3 Å². The first-order valence-electron chi connectivity index (χ1n) is 8.67. The van der Waals surface area contributed by atoms with Crippen LogP contribution in [-0.4, -0.2) is 33.8 Å². The first-order chi connectivity index (χ1) is 13.5. The highest BCUT2D eigenvalue weighted by atomic mass is 32.2. The summed E-state index contributed by atoms with van der Waals surface area (Å²) < 4.78 is 29.5. The Morgan fingerprint density at radius 2 is 2.14 bits per heavy atom. The fourth-order valence-corrected chi connectivity index (χ4v) is 3.58. The summed E-state index contributed by atoms with van der Waals surface area (Å²) in [5.41, 5.74) is 0.377. The van der Waals surface area contributed by atoms with E-state index >= 15 is 0 Å². The van der Waals surface area contributed by atoms with Crippen molar-refractivity contribution < 1.29 is 13.6 Å². The zero-order chi connectivity index (χ0) is 20.1. The summed E-state index contributed by atoms with van der Waals surface area (Å²) in [7, 11) is 0. The molecule has 2 heterocycles. The van der Waals surface area contributed by atoms with Crippen LogP contribution in [0.5, 0.6) is 0 Å². The summed E-state index contributed by atoms with van der Waals surface area (Å²) in [5.74, 6) is -0.241. The second-order valence-corrected chi connectivity index (χ2v) is 7.23. The van der Waals surface area contributed by atoms with E-state index in [1.54, 1.807) is 22.5 Å². The predicted octanol–water partition coefficient (Wildman–Crippen LogP) is 3.24. The van der Waals surface area contributed by atoms with E-state index in [0.29, 0.717) is 12.1 Å². The molecule has 28 heavy (non-hydrogen) atoms. The molecule has 9 heteroatoms. The van der Waals surface area contributed by atoms with Crippen molar-refractivity contribution in [3.05, 3.63) is 65.3 Å². The zero-order valence-electron chi connectivity index (χ0n) is 15.2. The predicted molar refractivity (Wildman–Crippen MR) is 105 cm³/mol. The highest BCUT2D eigenvalue weighted by Gasteiger charge is 2.20. The Morgan fingerprint density at radius 1 is 1.36 bits per heavy atom. The van der Waals surface area contributed by atoms with Gasteiger partial charge in [-0.2, -0.15) is 0 Å². The van der Waals surface area contributed by atoms with Gasteiger partial charge >= 0.3 is 0 Å². The number of aromatic nitrogens is 2. The third-order valence-corrected chi connectivity index (χ3v) is 5.19. The number of rotatable bonds is 7. The lowest BCUT2D eigenvalue weighted by Gasteiger charge is -2.15. The fourth-order valence-electron chi connectivity index (χ4n) is 2.60. The minimum atomic E-state index is -0.556. The number of nitrogens with zero attached hydrogens (tertiary/aromatic N) is 3. The van der Waals surface area contributed by atoms with E-state index in [1.165, 1.54) is 31.0 Å². The molecule has 0 bridgehead atoms. The number of benzene rings is 1. The molecular weight excluding hydrogens is 384 g/mol. The molecule has 0 radical (unpaired) electrons. The second-order valence-electron chi connectivity index (χ2n) is 6.13. The Morgan fingerprint density at radius 3 is 2.82 bits per heavy atom. The number of Topliss-reactive ketones (excluding diaryl/α,β-unsaturated/α-hetero) is 1.